The summed E-state index contributed by atoms with van der Waals surface area (Å²) in [6, 6.07) is 85.1. The van der Waals surface area contributed by atoms with Gasteiger partial charge in [0.1, 0.15) is 11.2 Å². The highest BCUT2D eigenvalue weighted by Gasteiger charge is 2.21. The average molecular weight is 818 g/mol. The van der Waals surface area contributed by atoms with E-state index >= 15 is 0 Å². The van der Waals surface area contributed by atoms with Gasteiger partial charge in [0.15, 0.2) is 0 Å². The maximum Gasteiger partial charge on any atom is 0.137 e. The van der Waals surface area contributed by atoms with Crippen LogP contribution in [0.15, 0.2) is 241 Å². The first kappa shape index (κ1) is 36.1. The minimum atomic E-state index is 0.860. The van der Waals surface area contributed by atoms with E-state index in [1.54, 1.807) is 0 Å². The fourth-order valence-electron chi connectivity index (χ4n) is 10.1. The lowest BCUT2D eigenvalue weighted by molar-refractivity contribution is 0.669. The highest BCUT2D eigenvalue weighted by atomic mass is 16.3. The summed E-state index contributed by atoms with van der Waals surface area (Å²) < 4.78 is 11.2. The van der Waals surface area contributed by atoms with E-state index in [0.717, 1.165) is 61.5 Å². The molecule has 0 saturated heterocycles. The van der Waals surface area contributed by atoms with Gasteiger partial charge in [-0.2, -0.15) is 0 Å². The van der Waals surface area contributed by atoms with Gasteiger partial charge < -0.3 is 18.5 Å². The van der Waals surface area contributed by atoms with Crippen LogP contribution in [0.1, 0.15) is 0 Å². The maximum absolute atomic E-state index is 6.45. The van der Waals surface area contributed by atoms with Gasteiger partial charge in [-0.15, -0.1) is 0 Å². The first-order chi connectivity index (χ1) is 31.8. The molecular weight excluding hydrogens is 779 g/mol. The predicted molar refractivity (Wildman–Crippen MR) is 268 cm³/mol. The summed E-state index contributed by atoms with van der Waals surface area (Å²) in [7, 11) is 0. The third-order valence-electron chi connectivity index (χ3n) is 12.9. The van der Waals surface area contributed by atoms with Crippen molar-refractivity contribution in [3.8, 4) is 33.6 Å². The Morgan fingerprint density at radius 2 is 0.828 bits per heavy atom. The molecule has 0 unspecified atom stereocenters. The number of para-hydroxylation sites is 5. The molecule has 0 aliphatic carbocycles. The van der Waals surface area contributed by atoms with E-state index in [4.69, 9.17) is 4.42 Å². The summed E-state index contributed by atoms with van der Waals surface area (Å²) >= 11 is 0. The van der Waals surface area contributed by atoms with Gasteiger partial charge in [0, 0.05) is 49.7 Å². The number of benzene rings is 10. The lowest BCUT2D eigenvalue weighted by Crippen LogP contribution is -2.11. The first-order valence-corrected chi connectivity index (χ1v) is 21.8. The van der Waals surface area contributed by atoms with Crippen LogP contribution >= 0.6 is 0 Å². The number of nitrogens with zero attached hydrogens (tertiary/aromatic N) is 3. The molecule has 3 aromatic heterocycles. The van der Waals surface area contributed by atoms with Crippen molar-refractivity contribution < 1.29 is 4.42 Å². The van der Waals surface area contributed by atoms with E-state index in [1.807, 2.05) is 6.07 Å². The Kier molecular flexibility index (Phi) is 8.18. The quantitative estimate of drug-likeness (QED) is 0.160. The molecule has 0 bridgehead atoms. The van der Waals surface area contributed by atoms with Crippen molar-refractivity contribution >= 4 is 82.6 Å². The SMILES string of the molecule is c1ccc(-n2c3ccccc3c3c(-c4ccc(-c5ccc(N(c6cccc(-n7c8ccccc8c8ccccc87)c6)c6cccc7oc8ccccc8c67)cc5)cc4)cccc32)cc1. The van der Waals surface area contributed by atoms with Crippen LogP contribution < -0.4 is 4.90 Å². The topological polar surface area (TPSA) is 26.2 Å². The molecule has 0 saturated carbocycles. The van der Waals surface area contributed by atoms with Crippen molar-refractivity contribution in [1.82, 2.24) is 9.13 Å². The molecule has 0 aliphatic rings. The number of fused-ring (bicyclic) bond motifs is 9. The summed E-state index contributed by atoms with van der Waals surface area (Å²) in [6.07, 6.45) is 0. The van der Waals surface area contributed by atoms with Gasteiger partial charge in [-0.05, 0) is 107 Å². The Morgan fingerprint density at radius 1 is 0.312 bits per heavy atom. The van der Waals surface area contributed by atoms with Gasteiger partial charge in [0.05, 0.1) is 33.1 Å². The van der Waals surface area contributed by atoms with Gasteiger partial charge in [0.25, 0.3) is 0 Å². The number of anilines is 3. The predicted octanol–water partition coefficient (Wildman–Crippen LogP) is 16.6. The fourth-order valence-corrected chi connectivity index (χ4v) is 10.1. The Morgan fingerprint density at radius 3 is 1.56 bits per heavy atom. The standard InChI is InChI=1S/C60H39N3O/c1-2-15-43(16-3-1)62-54-26-10-6-21-50(54)59-47(23-13-27-55(59)62)42-33-31-40(32-34-42)41-35-37-44(38-36-41)61(56-28-14-30-58-60(56)51-22-7-11-29-57(51)64-58)45-17-12-18-46(39-45)63-52-24-8-4-19-48(52)49-20-5-9-25-53(49)63/h1-39H. The normalized spacial score (nSPS) is 11.8. The van der Waals surface area contributed by atoms with Gasteiger partial charge in [-0.3, -0.25) is 0 Å². The Hall–Kier alpha value is -8.60. The van der Waals surface area contributed by atoms with Crippen LogP contribution in [-0.2, 0) is 0 Å². The zero-order chi connectivity index (χ0) is 42.1. The molecule has 13 aromatic rings. The second-order valence-electron chi connectivity index (χ2n) is 16.5. The molecular formula is C60H39N3O. The zero-order valence-corrected chi connectivity index (χ0v) is 34.8. The largest absolute Gasteiger partial charge is 0.456 e. The molecule has 64 heavy (non-hydrogen) atoms. The van der Waals surface area contributed by atoms with Crippen molar-refractivity contribution in [3.05, 3.63) is 237 Å². The fraction of sp³-hybridized carbons (Fsp3) is 0. The van der Waals surface area contributed by atoms with E-state index < -0.39 is 0 Å². The van der Waals surface area contributed by atoms with E-state index in [9.17, 15) is 0 Å². The number of rotatable bonds is 7. The van der Waals surface area contributed by atoms with Crippen LogP contribution in [0.5, 0.6) is 0 Å². The summed E-state index contributed by atoms with van der Waals surface area (Å²) in [5, 5.41) is 7.18. The molecule has 3 heterocycles. The van der Waals surface area contributed by atoms with Crippen LogP contribution in [0.25, 0.3) is 99.2 Å². The van der Waals surface area contributed by atoms with Gasteiger partial charge in [0.2, 0.25) is 0 Å². The molecule has 4 nitrogen and oxygen atoms in total. The summed E-state index contributed by atoms with van der Waals surface area (Å²) in [5.74, 6) is 0. The third kappa shape index (κ3) is 5.63. The minimum absolute atomic E-state index is 0.860. The minimum Gasteiger partial charge on any atom is -0.456 e. The molecule has 300 valence electrons. The summed E-state index contributed by atoms with van der Waals surface area (Å²) in [6.45, 7) is 0. The van der Waals surface area contributed by atoms with E-state index in [-0.39, 0.29) is 0 Å². The Labute approximate surface area is 369 Å². The smallest absolute Gasteiger partial charge is 0.137 e. The Balaban J connectivity index is 0.919. The second-order valence-corrected chi connectivity index (χ2v) is 16.5. The number of hydrogen-bond acceptors (Lipinski definition) is 2. The van der Waals surface area contributed by atoms with Crippen molar-refractivity contribution in [1.29, 1.82) is 0 Å². The van der Waals surface area contributed by atoms with Crippen LogP contribution in [0.4, 0.5) is 17.1 Å². The molecule has 0 spiro atoms. The van der Waals surface area contributed by atoms with Crippen LogP contribution in [0.3, 0.4) is 0 Å². The molecule has 0 aliphatic heterocycles. The lowest BCUT2D eigenvalue weighted by atomic mass is 9.97. The highest BCUT2D eigenvalue weighted by molar-refractivity contribution is 6.16. The van der Waals surface area contributed by atoms with Crippen molar-refractivity contribution in [2.45, 2.75) is 0 Å². The number of aromatic nitrogens is 2. The lowest BCUT2D eigenvalue weighted by Gasteiger charge is -2.27. The maximum atomic E-state index is 6.45. The third-order valence-corrected chi connectivity index (χ3v) is 12.9. The molecule has 0 radical (unpaired) electrons. The average Bonchev–Trinajstić information content (AvgIpc) is 4.03. The number of furan rings is 1. The molecule has 10 aromatic carbocycles. The second kappa shape index (κ2) is 14.5. The summed E-state index contributed by atoms with van der Waals surface area (Å²) in [5.41, 5.74) is 16.7. The zero-order valence-electron chi connectivity index (χ0n) is 34.8. The molecule has 4 heteroatoms. The van der Waals surface area contributed by atoms with E-state index in [1.165, 1.54) is 54.7 Å². The highest BCUT2D eigenvalue weighted by Crippen LogP contribution is 2.45. The van der Waals surface area contributed by atoms with Crippen LogP contribution in [0, 0.1) is 0 Å². The monoisotopic (exact) mass is 817 g/mol. The first-order valence-electron chi connectivity index (χ1n) is 21.8. The number of hydrogen-bond donors (Lipinski definition) is 0. The van der Waals surface area contributed by atoms with E-state index in [0.29, 0.717) is 0 Å². The van der Waals surface area contributed by atoms with Crippen LogP contribution in [-0.4, -0.2) is 9.13 Å². The Bertz CT molecular complexity index is 3840. The van der Waals surface area contributed by atoms with Gasteiger partial charge in [-0.1, -0.05) is 152 Å². The molecule has 0 fully saturated rings. The molecule has 13 rings (SSSR count). The summed E-state index contributed by atoms with van der Waals surface area (Å²) in [4.78, 5) is 2.38. The molecule has 0 amide bonds. The van der Waals surface area contributed by atoms with Crippen molar-refractivity contribution in [2.24, 2.45) is 0 Å². The van der Waals surface area contributed by atoms with Crippen molar-refractivity contribution in [2.75, 3.05) is 4.90 Å². The van der Waals surface area contributed by atoms with Crippen LogP contribution in [0.2, 0.25) is 0 Å². The molecule has 0 atom stereocenters. The molecule has 0 N–H and O–H groups in total. The van der Waals surface area contributed by atoms with E-state index in [2.05, 4.69) is 245 Å². The van der Waals surface area contributed by atoms with Gasteiger partial charge in [-0.25, -0.2) is 0 Å². The van der Waals surface area contributed by atoms with Gasteiger partial charge >= 0.3 is 0 Å². The van der Waals surface area contributed by atoms with Crippen molar-refractivity contribution in [3.63, 3.8) is 0 Å².